The lowest BCUT2D eigenvalue weighted by Gasteiger charge is -2.09. The summed E-state index contributed by atoms with van der Waals surface area (Å²) in [7, 11) is 0. The van der Waals surface area contributed by atoms with Gasteiger partial charge >= 0.3 is 5.97 Å². The molecule has 7 nitrogen and oxygen atoms in total. The van der Waals surface area contributed by atoms with Crippen molar-refractivity contribution in [2.45, 2.75) is 6.92 Å². The first-order valence-corrected chi connectivity index (χ1v) is 7.44. The van der Waals surface area contributed by atoms with E-state index >= 15 is 0 Å². The largest absolute Gasteiger partial charge is 0.462 e. The van der Waals surface area contributed by atoms with Crippen molar-refractivity contribution in [2.75, 3.05) is 17.8 Å². The quantitative estimate of drug-likeness (QED) is 0.383. The van der Waals surface area contributed by atoms with Gasteiger partial charge in [-0.25, -0.2) is 15.6 Å². The predicted octanol–water partition coefficient (Wildman–Crippen LogP) is 2.34. The lowest BCUT2D eigenvalue weighted by molar-refractivity contribution is 0.0526. The number of nitrogens with two attached hydrogens (primary N) is 2. The number of rotatable bonds is 4. The molecule has 0 amide bonds. The summed E-state index contributed by atoms with van der Waals surface area (Å²) in [5.41, 5.74) is 11.3. The molecule has 0 atom stereocenters. The van der Waals surface area contributed by atoms with Crippen molar-refractivity contribution in [3.8, 4) is 11.1 Å². The molecule has 0 saturated carbocycles. The molecule has 7 heteroatoms. The molecular weight excluding hydrogens is 306 g/mol. The van der Waals surface area contributed by atoms with Crippen LogP contribution in [-0.4, -0.2) is 22.5 Å². The second kappa shape index (κ2) is 6.51. The van der Waals surface area contributed by atoms with Crippen LogP contribution >= 0.6 is 0 Å². The number of carbonyl (C=O) groups is 1. The molecule has 0 fully saturated rings. The van der Waals surface area contributed by atoms with Crippen LogP contribution in [0.15, 0.2) is 42.5 Å². The number of hydrazine groups is 1. The molecule has 5 N–H and O–H groups in total. The molecule has 0 aliphatic rings. The van der Waals surface area contributed by atoms with Crippen molar-refractivity contribution in [3.63, 3.8) is 0 Å². The molecule has 1 heterocycles. The van der Waals surface area contributed by atoms with Crippen LogP contribution in [0.3, 0.4) is 0 Å². The number of fused-ring (bicyclic) bond motifs is 1. The van der Waals surface area contributed by atoms with Gasteiger partial charge in [0.25, 0.3) is 0 Å². The number of ether oxygens (including phenoxy) is 1. The zero-order valence-corrected chi connectivity index (χ0v) is 13.1. The van der Waals surface area contributed by atoms with Crippen molar-refractivity contribution >= 4 is 28.6 Å². The molecule has 2 aromatic carbocycles. The highest BCUT2D eigenvalue weighted by molar-refractivity contribution is 5.94. The lowest BCUT2D eigenvalue weighted by Crippen LogP contribution is -2.11. The van der Waals surface area contributed by atoms with E-state index in [2.05, 4.69) is 15.4 Å². The van der Waals surface area contributed by atoms with Crippen LogP contribution in [-0.2, 0) is 4.74 Å². The third kappa shape index (κ3) is 2.97. The fourth-order valence-corrected chi connectivity index (χ4v) is 2.45. The average molecular weight is 323 g/mol. The second-order valence-electron chi connectivity index (χ2n) is 5.10. The zero-order chi connectivity index (χ0) is 17.1. The van der Waals surface area contributed by atoms with Gasteiger partial charge in [0.2, 0.25) is 5.95 Å². The van der Waals surface area contributed by atoms with E-state index in [1.165, 1.54) is 0 Å². The predicted molar refractivity (Wildman–Crippen MR) is 93.2 cm³/mol. The number of esters is 1. The van der Waals surface area contributed by atoms with E-state index in [9.17, 15) is 4.79 Å². The monoisotopic (exact) mass is 323 g/mol. The number of hydrogen-bond donors (Lipinski definition) is 3. The Morgan fingerprint density at radius 2 is 1.83 bits per heavy atom. The Labute approximate surface area is 138 Å². The number of nitrogens with zero attached hydrogens (tertiary/aromatic N) is 2. The first kappa shape index (κ1) is 15.7. The van der Waals surface area contributed by atoms with Crippen LogP contribution in [0.2, 0.25) is 0 Å². The first-order chi connectivity index (χ1) is 11.6. The number of carbonyl (C=O) groups excluding carboxylic acids is 1. The third-order valence-corrected chi connectivity index (χ3v) is 3.58. The topological polar surface area (TPSA) is 116 Å². The third-order valence-electron chi connectivity index (χ3n) is 3.58. The van der Waals surface area contributed by atoms with Crippen LogP contribution in [0.5, 0.6) is 0 Å². The minimum absolute atomic E-state index is 0.155. The Balaban J connectivity index is 2.00. The molecule has 0 radical (unpaired) electrons. The highest BCUT2D eigenvalue weighted by Gasteiger charge is 2.09. The average Bonchev–Trinajstić information content (AvgIpc) is 2.61. The lowest BCUT2D eigenvalue weighted by atomic mass is 10.0. The van der Waals surface area contributed by atoms with Crippen LogP contribution in [0, 0.1) is 0 Å². The SMILES string of the molecule is CCOC(=O)c1ccc(-c2ccc3nc(N)nc(NN)c3c2)cc1. The van der Waals surface area contributed by atoms with Crippen LogP contribution in [0.4, 0.5) is 11.8 Å². The van der Waals surface area contributed by atoms with Gasteiger partial charge in [-0.2, -0.15) is 4.98 Å². The van der Waals surface area contributed by atoms with Gasteiger partial charge in [-0.15, -0.1) is 0 Å². The van der Waals surface area contributed by atoms with E-state index in [1.54, 1.807) is 19.1 Å². The highest BCUT2D eigenvalue weighted by Crippen LogP contribution is 2.27. The van der Waals surface area contributed by atoms with Gasteiger partial charge in [0.15, 0.2) is 5.82 Å². The van der Waals surface area contributed by atoms with E-state index < -0.39 is 0 Å². The molecule has 122 valence electrons. The summed E-state index contributed by atoms with van der Waals surface area (Å²) < 4.78 is 4.98. The number of aromatic nitrogens is 2. The zero-order valence-electron chi connectivity index (χ0n) is 13.1. The van der Waals surface area contributed by atoms with Gasteiger partial charge in [0.05, 0.1) is 17.7 Å². The Morgan fingerprint density at radius 1 is 1.12 bits per heavy atom. The minimum atomic E-state index is -0.332. The molecule has 0 aliphatic carbocycles. The fraction of sp³-hybridized carbons (Fsp3) is 0.118. The Morgan fingerprint density at radius 3 is 2.50 bits per heavy atom. The molecule has 0 aliphatic heterocycles. The molecule has 0 unspecified atom stereocenters. The Hall–Kier alpha value is -3.19. The smallest absolute Gasteiger partial charge is 0.338 e. The molecule has 24 heavy (non-hydrogen) atoms. The summed E-state index contributed by atoms with van der Waals surface area (Å²) in [6, 6.07) is 12.9. The second-order valence-corrected chi connectivity index (χ2v) is 5.10. The van der Waals surface area contributed by atoms with Crippen molar-refractivity contribution < 1.29 is 9.53 Å². The number of nitrogens with one attached hydrogen (secondary N) is 1. The summed E-state index contributed by atoms with van der Waals surface area (Å²) in [6.45, 7) is 2.13. The maximum atomic E-state index is 11.7. The van der Waals surface area contributed by atoms with Gasteiger partial charge in [0.1, 0.15) is 0 Å². The van der Waals surface area contributed by atoms with Crippen LogP contribution in [0.25, 0.3) is 22.0 Å². The molecule has 0 bridgehead atoms. The van der Waals surface area contributed by atoms with Gasteiger partial charge in [-0.1, -0.05) is 18.2 Å². The maximum absolute atomic E-state index is 11.7. The fourth-order valence-electron chi connectivity index (χ4n) is 2.45. The summed E-state index contributed by atoms with van der Waals surface area (Å²) in [6.07, 6.45) is 0. The highest BCUT2D eigenvalue weighted by atomic mass is 16.5. The summed E-state index contributed by atoms with van der Waals surface area (Å²) in [5, 5.41) is 0.763. The first-order valence-electron chi connectivity index (χ1n) is 7.44. The Kier molecular flexibility index (Phi) is 4.26. The summed E-state index contributed by atoms with van der Waals surface area (Å²) in [5.74, 6) is 5.79. The van der Waals surface area contributed by atoms with E-state index in [4.69, 9.17) is 16.3 Å². The Bertz CT molecular complexity index is 893. The van der Waals surface area contributed by atoms with Gasteiger partial charge in [0, 0.05) is 5.39 Å². The minimum Gasteiger partial charge on any atom is -0.462 e. The molecule has 3 aromatic rings. The van der Waals surface area contributed by atoms with Gasteiger partial charge < -0.3 is 15.9 Å². The van der Waals surface area contributed by atoms with E-state index in [1.807, 2.05) is 30.3 Å². The van der Waals surface area contributed by atoms with E-state index in [0.29, 0.717) is 23.5 Å². The molecule has 3 rings (SSSR count). The molecule has 0 saturated heterocycles. The van der Waals surface area contributed by atoms with Crippen molar-refractivity contribution in [3.05, 3.63) is 48.0 Å². The van der Waals surface area contributed by atoms with Crippen LogP contribution in [0.1, 0.15) is 17.3 Å². The van der Waals surface area contributed by atoms with Crippen LogP contribution < -0.4 is 17.0 Å². The number of benzene rings is 2. The molecule has 1 aromatic heterocycles. The van der Waals surface area contributed by atoms with E-state index in [0.717, 1.165) is 16.5 Å². The summed E-state index contributed by atoms with van der Waals surface area (Å²) >= 11 is 0. The number of hydrogen-bond acceptors (Lipinski definition) is 7. The van der Waals surface area contributed by atoms with Crippen molar-refractivity contribution in [2.24, 2.45) is 5.84 Å². The normalized spacial score (nSPS) is 10.6. The van der Waals surface area contributed by atoms with Gasteiger partial charge in [-0.3, -0.25) is 0 Å². The molecule has 0 spiro atoms. The number of nitrogen functional groups attached to an aromatic ring is 2. The maximum Gasteiger partial charge on any atom is 0.338 e. The van der Waals surface area contributed by atoms with Crippen molar-refractivity contribution in [1.82, 2.24) is 9.97 Å². The number of anilines is 2. The van der Waals surface area contributed by atoms with Gasteiger partial charge in [-0.05, 0) is 42.3 Å². The molecular formula is C17H17N5O2. The summed E-state index contributed by atoms with van der Waals surface area (Å²) in [4.78, 5) is 20.0. The van der Waals surface area contributed by atoms with Crippen molar-refractivity contribution in [1.29, 1.82) is 0 Å². The van der Waals surface area contributed by atoms with E-state index in [-0.39, 0.29) is 11.9 Å². The standard InChI is InChI=1S/C17H17N5O2/c1-2-24-16(23)11-5-3-10(4-6-11)12-7-8-14-13(9-12)15(22-19)21-17(18)20-14/h3-9H,2,19H2,1H3,(H3,18,20,21,22).